The number of rotatable bonds is 5. The summed E-state index contributed by atoms with van der Waals surface area (Å²) in [6.07, 6.45) is 6.49. The third-order valence-corrected chi connectivity index (χ3v) is 5.62. The van der Waals surface area contributed by atoms with Crippen molar-refractivity contribution in [3.63, 3.8) is 0 Å². The van der Waals surface area contributed by atoms with Crippen LogP contribution in [0.3, 0.4) is 0 Å². The molecule has 1 aromatic heterocycles. The molecule has 1 saturated carbocycles. The van der Waals surface area contributed by atoms with Crippen LogP contribution in [0.1, 0.15) is 38.2 Å². The summed E-state index contributed by atoms with van der Waals surface area (Å²) in [7, 11) is 0. The molecule has 128 valence electrons. The Balaban J connectivity index is 1.60. The maximum Gasteiger partial charge on any atom is 0.230 e. The number of carbonyl (C=O) groups excluding carboxylic acids is 1. The van der Waals surface area contributed by atoms with E-state index in [1.807, 2.05) is 22.8 Å². The summed E-state index contributed by atoms with van der Waals surface area (Å²) < 4.78 is 1.94. The zero-order chi connectivity index (χ0) is 16.9. The molecule has 2 atom stereocenters. The molecule has 1 aliphatic rings. The van der Waals surface area contributed by atoms with Gasteiger partial charge >= 0.3 is 0 Å². The molecule has 2 aromatic rings. The van der Waals surface area contributed by atoms with E-state index in [-0.39, 0.29) is 5.91 Å². The maximum atomic E-state index is 12.3. The first-order valence-corrected chi connectivity index (χ1v) is 9.52. The molecule has 0 radical (unpaired) electrons. The van der Waals surface area contributed by atoms with Crippen LogP contribution in [0.5, 0.6) is 0 Å². The first-order valence-electron chi connectivity index (χ1n) is 8.53. The molecular weight excluding hydrogens is 320 g/mol. The topological polar surface area (TPSA) is 59.8 Å². The first-order chi connectivity index (χ1) is 11.6. The van der Waals surface area contributed by atoms with Crippen LogP contribution >= 0.6 is 11.8 Å². The van der Waals surface area contributed by atoms with Crippen molar-refractivity contribution in [1.82, 2.24) is 20.1 Å². The zero-order valence-corrected chi connectivity index (χ0v) is 15.1. The highest BCUT2D eigenvalue weighted by Gasteiger charge is 2.23. The molecule has 1 aliphatic carbocycles. The average molecular weight is 344 g/mol. The van der Waals surface area contributed by atoms with Crippen molar-refractivity contribution in [3.8, 4) is 5.69 Å². The lowest BCUT2D eigenvalue weighted by molar-refractivity contribution is -0.119. The van der Waals surface area contributed by atoms with Crippen LogP contribution in [-0.2, 0) is 4.79 Å². The molecule has 5 nitrogen and oxygen atoms in total. The molecule has 3 rings (SSSR count). The number of aryl methyl sites for hydroxylation is 1. The molecule has 2 unspecified atom stereocenters. The molecular formula is C18H24N4OS. The normalized spacial score (nSPS) is 20.8. The summed E-state index contributed by atoms with van der Waals surface area (Å²) in [5, 5.41) is 12.1. The van der Waals surface area contributed by atoms with Gasteiger partial charge in [-0.1, -0.05) is 49.7 Å². The summed E-state index contributed by atoms with van der Waals surface area (Å²) in [4.78, 5) is 12.3. The van der Waals surface area contributed by atoms with Gasteiger partial charge in [-0.3, -0.25) is 9.36 Å². The molecule has 1 heterocycles. The largest absolute Gasteiger partial charge is 0.352 e. The Bertz CT molecular complexity index is 700. The number of hydrogen-bond acceptors (Lipinski definition) is 4. The van der Waals surface area contributed by atoms with Crippen molar-refractivity contribution in [3.05, 3.63) is 36.2 Å². The van der Waals surface area contributed by atoms with Gasteiger partial charge < -0.3 is 5.32 Å². The minimum atomic E-state index is 0.0816. The summed E-state index contributed by atoms with van der Waals surface area (Å²) >= 11 is 1.43. The van der Waals surface area contributed by atoms with E-state index in [4.69, 9.17) is 0 Å². The summed E-state index contributed by atoms with van der Waals surface area (Å²) in [5.74, 6) is 1.02. The van der Waals surface area contributed by atoms with Crippen LogP contribution in [0.25, 0.3) is 5.69 Å². The van der Waals surface area contributed by atoms with Crippen LogP contribution in [0.4, 0.5) is 0 Å². The van der Waals surface area contributed by atoms with Gasteiger partial charge in [0.1, 0.15) is 6.33 Å². The molecule has 24 heavy (non-hydrogen) atoms. The van der Waals surface area contributed by atoms with E-state index < -0.39 is 0 Å². The number of nitrogens with one attached hydrogen (secondary N) is 1. The molecule has 0 saturated heterocycles. The third kappa shape index (κ3) is 3.98. The predicted molar refractivity (Wildman–Crippen MR) is 96.4 cm³/mol. The van der Waals surface area contributed by atoms with Crippen molar-refractivity contribution in [2.75, 3.05) is 5.75 Å². The lowest BCUT2D eigenvalue weighted by atomic mass is 9.86. The Morgan fingerprint density at radius 1 is 1.33 bits per heavy atom. The van der Waals surface area contributed by atoms with E-state index in [0.29, 0.717) is 17.7 Å². The lowest BCUT2D eigenvalue weighted by Crippen LogP contribution is -2.41. The second kappa shape index (κ2) is 7.83. The van der Waals surface area contributed by atoms with E-state index in [0.717, 1.165) is 22.8 Å². The number of thioether (sulfide) groups is 1. The number of carbonyl (C=O) groups is 1. The summed E-state index contributed by atoms with van der Waals surface area (Å²) in [5.41, 5.74) is 2.20. The molecule has 1 aromatic carbocycles. The van der Waals surface area contributed by atoms with Crippen LogP contribution in [0, 0.1) is 12.8 Å². The average Bonchev–Trinajstić information content (AvgIpc) is 3.04. The molecule has 0 bridgehead atoms. The van der Waals surface area contributed by atoms with Crippen LogP contribution < -0.4 is 5.32 Å². The minimum absolute atomic E-state index is 0.0816. The number of para-hydroxylation sites is 1. The second-order valence-electron chi connectivity index (χ2n) is 6.49. The Morgan fingerprint density at radius 3 is 2.92 bits per heavy atom. The third-order valence-electron chi connectivity index (χ3n) is 4.68. The highest BCUT2D eigenvalue weighted by molar-refractivity contribution is 7.99. The lowest BCUT2D eigenvalue weighted by Gasteiger charge is -2.29. The van der Waals surface area contributed by atoms with Gasteiger partial charge in [0.05, 0.1) is 11.4 Å². The Kier molecular flexibility index (Phi) is 5.56. The molecule has 0 spiro atoms. The molecule has 1 fully saturated rings. The van der Waals surface area contributed by atoms with E-state index in [1.54, 1.807) is 6.33 Å². The van der Waals surface area contributed by atoms with Gasteiger partial charge in [-0.15, -0.1) is 10.2 Å². The minimum Gasteiger partial charge on any atom is -0.352 e. The molecule has 6 heteroatoms. The van der Waals surface area contributed by atoms with Gasteiger partial charge in [0, 0.05) is 6.04 Å². The van der Waals surface area contributed by atoms with Gasteiger partial charge in [0.15, 0.2) is 5.16 Å². The van der Waals surface area contributed by atoms with Gasteiger partial charge in [0.2, 0.25) is 5.91 Å². The number of amides is 1. The van der Waals surface area contributed by atoms with Crippen molar-refractivity contribution < 1.29 is 4.79 Å². The Labute approximate surface area is 147 Å². The first kappa shape index (κ1) is 17.0. The van der Waals surface area contributed by atoms with Crippen molar-refractivity contribution >= 4 is 17.7 Å². The van der Waals surface area contributed by atoms with Crippen LogP contribution in [0.15, 0.2) is 35.7 Å². The van der Waals surface area contributed by atoms with Crippen LogP contribution in [-0.4, -0.2) is 32.5 Å². The number of nitrogens with zero attached hydrogens (tertiary/aromatic N) is 3. The zero-order valence-electron chi connectivity index (χ0n) is 14.2. The fourth-order valence-electron chi connectivity index (χ4n) is 3.23. The Hall–Kier alpha value is -1.82. The number of benzene rings is 1. The van der Waals surface area contributed by atoms with E-state index >= 15 is 0 Å². The van der Waals surface area contributed by atoms with Gasteiger partial charge in [-0.25, -0.2) is 0 Å². The van der Waals surface area contributed by atoms with Crippen molar-refractivity contribution in [2.45, 2.75) is 50.7 Å². The monoisotopic (exact) mass is 344 g/mol. The van der Waals surface area contributed by atoms with Crippen molar-refractivity contribution in [1.29, 1.82) is 0 Å². The Morgan fingerprint density at radius 2 is 2.12 bits per heavy atom. The number of aromatic nitrogens is 3. The summed E-state index contributed by atoms with van der Waals surface area (Å²) in [6.45, 7) is 4.28. The molecule has 1 N–H and O–H groups in total. The molecule has 1 amide bonds. The van der Waals surface area contributed by atoms with Gasteiger partial charge in [-0.2, -0.15) is 0 Å². The van der Waals surface area contributed by atoms with Crippen molar-refractivity contribution in [2.24, 2.45) is 5.92 Å². The highest BCUT2D eigenvalue weighted by Crippen LogP contribution is 2.25. The molecule has 0 aliphatic heterocycles. The van der Waals surface area contributed by atoms with Gasteiger partial charge in [0.25, 0.3) is 0 Å². The van der Waals surface area contributed by atoms with E-state index in [9.17, 15) is 4.79 Å². The maximum absolute atomic E-state index is 12.3. The predicted octanol–water partition coefficient (Wildman–Crippen LogP) is 3.36. The van der Waals surface area contributed by atoms with E-state index in [2.05, 4.69) is 35.4 Å². The second-order valence-corrected chi connectivity index (χ2v) is 7.44. The fraction of sp³-hybridized carbons (Fsp3) is 0.500. The van der Waals surface area contributed by atoms with Crippen LogP contribution in [0.2, 0.25) is 0 Å². The SMILES string of the molecule is Cc1ccccc1-n1cnnc1SCC(=O)NC1CCCCC1C. The summed E-state index contributed by atoms with van der Waals surface area (Å²) in [6, 6.07) is 8.41. The smallest absolute Gasteiger partial charge is 0.230 e. The number of hydrogen-bond donors (Lipinski definition) is 1. The fourth-order valence-corrected chi connectivity index (χ4v) is 3.96. The van der Waals surface area contributed by atoms with Gasteiger partial charge in [-0.05, 0) is 37.3 Å². The van der Waals surface area contributed by atoms with E-state index in [1.165, 1.54) is 31.0 Å². The quantitative estimate of drug-likeness (QED) is 0.845. The highest BCUT2D eigenvalue weighted by atomic mass is 32.2. The standard InChI is InChI=1S/C18H24N4OS/c1-13-7-3-5-9-15(13)20-17(23)11-24-18-21-19-12-22(18)16-10-6-4-8-14(16)2/h4,6,8,10,12-13,15H,3,5,7,9,11H2,1-2H3,(H,20,23).